The van der Waals surface area contributed by atoms with Crippen molar-refractivity contribution in [2.75, 3.05) is 18.3 Å². The summed E-state index contributed by atoms with van der Waals surface area (Å²) in [7, 11) is 0. The number of rotatable bonds is 5. The maximum Gasteiger partial charge on any atom is 0.301 e. The van der Waals surface area contributed by atoms with E-state index in [1.54, 1.807) is 18.2 Å². The van der Waals surface area contributed by atoms with Crippen molar-refractivity contribution in [1.29, 1.82) is 0 Å². The van der Waals surface area contributed by atoms with Crippen LogP contribution in [0.1, 0.15) is 23.4 Å². The van der Waals surface area contributed by atoms with Crippen LogP contribution in [0.2, 0.25) is 0 Å². The van der Waals surface area contributed by atoms with Gasteiger partial charge in [-0.05, 0) is 54.8 Å². The molecule has 2 aromatic heterocycles. The van der Waals surface area contributed by atoms with Crippen LogP contribution < -0.4 is 19.1 Å². The van der Waals surface area contributed by atoms with Gasteiger partial charge in [0.05, 0.1) is 22.4 Å². The lowest BCUT2D eigenvalue weighted by Gasteiger charge is -2.21. The fourth-order valence-corrected chi connectivity index (χ4v) is 6.04. The number of hydrogen-bond donors (Lipinski definition) is 1. The first kappa shape index (κ1) is 21.6. The van der Waals surface area contributed by atoms with Crippen molar-refractivity contribution >= 4 is 55.5 Å². The summed E-state index contributed by atoms with van der Waals surface area (Å²) < 4.78 is 17.2. The molecule has 6 rings (SSSR count). The number of carbonyl (C=O) groups is 2. The minimum atomic E-state index is -0.813. The largest absolute Gasteiger partial charge is 0.507 e. The Bertz CT molecular complexity index is 1510. The van der Waals surface area contributed by atoms with Crippen molar-refractivity contribution in [1.82, 2.24) is 4.98 Å². The monoisotopic (exact) mass is 506 g/mol. The maximum atomic E-state index is 13.3. The number of nitrogens with zero attached hydrogens (tertiary/aromatic N) is 2. The first-order chi connectivity index (χ1) is 17.0. The number of carbonyl (C=O) groups excluding carboxylic acids is 2. The van der Waals surface area contributed by atoms with Gasteiger partial charge in [-0.25, -0.2) is 4.98 Å². The van der Waals surface area contributed by atoms with E-state index < -0.39 is 17.7 Å². The summed E-state index contributed by atoms with van der Waals surface area (Å²) in [6.07, 6.45) is 0. The van der Waals surface area contributed by atoms with E-state index in [2.05, 4.69) is 4.98 Å². The van der Waals surface area contributed by atoms with Crippen LogP contribution >= 0.6 is 22.7 Å². The Hall–Kier alpha value is -3.89. The van der Waals surface area contributed by atoms with Gasteiger partial charge < -0.3 is 19.3 Å². The summed E-state index contributed by atoms with van der Waals surface area (Å²) in [6, 6.07) is 13.3. The number of anilines is 1. The van der Waals surface area contributed by atoms with E-state index in [4.69, 9.17) is 14.2 Å². The lowest BCUT2D eigenvalue weighted by Crippen LogP contribution is -2.28. The van der Waals surface area contributed by atoms with Crippen LogP contribution in [0.4, 0.5) is 5.13 Å². The quantitative estimate of drug-likeness (QED) is 0.228. The second-order valence-corrected chi connectivity index (χ2v) is 9.80. The second kappa shape index (κ2) is 8.40. The molecule has 0 spiro atoms. The molecular formula is C25H18N2O6S2. The number of benzene rings is 2. The standard InChI is InChI=1S/C25H18N2O6S2/c1-2-31-14-6-7-15-19(11-14)35-25(26-15)27-21(18-4-3-9-34-18)20(23(29)24(27)30)22(28)13-5-8-16-17(10-13)33-12-32-16/h3-11,21,28H,2,12H2,1H3/b22-20+. The Kier molecular flexibility index (Phi) is 5.19. The predicted molar refractivity (Wildman–Crippen MR) is 132 cm³/mol. The Morgan fingerprint density at radius 1 is 1.17 bits per heavy atom. The SMILES string of the molecule is CCOc1ccc2nc(N3C(=O)C(=O)/C(=C(/O)c4ccc5c(c4)OCO5)C3c3cccs3)sc2c1. The van der Waals surface area contributed by atoms with Crippen molar-refractivity contribution in [2.24, 2.45) is 0 Å². The normalized spacial score (nSPS) is 18.5. The van der Waals surface area contributed by atoms with Crippen LogP contribution in [0, 0.1) is 0 Å². The van der Waals surface area contributed by atoms with E-state index in [0.717, 1.165) is 9.58 Å². The smallest absolute Gasteiger partial charge is 0.301 e. The molecule has 10 heteroatoms. The molecule has 4 heterocycles. The summed E-state index contributed by atoms with van der Waals surface area (Å²) >= 11 is 2.69. The predicted octanol–water partition coefficient (Wildman–Crippen LogP) is 5.11. The molecule has 1 unspecified atom stereocenters. The zero-order valence-corrected chi connectivity index (χ0v) is 20.0. The molecule has 0 saturated carbocycles. The Labute approximate surface area is 207 Å². The van der Waals surface area contributed by atoms with E-state index in [-0.39, 0.29) is 18.1 Å². The van der Waals surface area contributed by atoms with Crippen molar-refractivity contribution in [3.63, 3.8) is 0 Å². The number of aliphatic hydroxyl groups excluding tert-OH is 1. The average molecular weight is 507 g/mol. The fraction of sp³-hybridized carbons (Fsp3) is 0.160. The molecule has 2 aliphatic heterocycles. The number of thiazole rings is 1. The topological polar surface area (TPSA) is 98.2 Å². The molecule has 4 aromatic rings. The number of aliphatic hydroxyl groups is 1. The highest BCUT2D eigenvalue weighted by atomic mass is 32.1. The maximum absolute atomic E-state index is 13.3. The Balaban J connectivity index is 1.49. The number of thiophene rings is 1. The molecule has 1 N–H and O–H groups in total. The van der Waals surface area contributed by atoms with Crippen molar-refractivity contribution in [3.8, 4) is 17.2 Å². The van der Waals surface area contributed by atoms with Crippen LogP contribution in [0.3, 0.4) is 0 Å². The minimum Gasteiger partial charge on any atom is -0.507 e. The lowest BCUT2D eigenvalue weighted by atomic mass is 9.99. The molecule has 0 aliphatic carbocycles. The van der Waals surface area contributed by atoms with Gasteiger partial charge in [0.1, 0.15) is 17.6 Å². The van der Waals surface area contributed by atoms with E-state index in [9.17, 15) is 14.7 Å². The fourth-order valence-electron chi connectivity index (χ4n) is 4.20. The zero-order valence-electron chi connectivity index (χ0n) is 18.4. The van der Waals surface area contributed by atoms with E-state index in [0.29, 0.717) is 40.1 Å². The minimum absolute atomic E-state index is 0.00516. The molecule has 0 radical (unpaired) electrons. The Morgan fingerprint density at radius 3 is 2.83 bits per heavy atom. The van der Waals surface area contributed by atoms with Gasteiger partial charge in [-0.15, -0.1) is 11.3 Å². The zero-order chi connectivity index (χ0) is 24.1. The highest BCUT2D eigenvalue weighted by molar-refractivity contribution is 7.22. The molecule has 1 saturated heterocycles. The molecule has 35 heavy (non-hydrogen) atoms. The van der Waals surface area contributed by atoms with Crippen molar-refractivity contribution in [2.45, 2.75) is 13.0 Å². The molecule has 1 atom stereocenters. The second-order valence-electron chi connectivity index (χ2n) is 7.81. The van der Waals surface area contributed by atoms with Crippen LogP contribution in [-0.4, -0.2) is 35.2 Å². The summed E-state index contributed by atoms with van der Waals surface area (Å²) in [5.41, 5.74) is 1.06. The third-order valence-corrected chi connectivity index (χ3v) is 7.71. The van der Waals surface area contributed by atoms with Crippen LogP contribution in [-0.2, 0) is 9.59 Å². The van der Waals surface area contributed by atoms with Gasteiger partial charge in [0.25, 0.3) is 5.78 Å². The number of fused-ring (bicyclic) bond motifs is 2. The van der Waals surface area contributed by atoms with Gasteiger partial charge in [0.15, 0.2) is 16.6 Å². The molecule has 1 fully saturated rings. The van der Waals surface area contributed by atoms with Gasteiger partial charge in [0, 0.05) is 10.4 Å². The molecule has 2 aromatic carbocycles. The van der Waals surface area contributed by atoms with Crippen molar-refractivity contribution in [3.05, 3.63) is 69.9 Å². The van der Waals surface area contributed by atoms with Crippen LogP contribution in [0.25, 0.3) is 16.0 Å². The molecular weight excluding hydrogens is 488 g/mol. The number of ketones is 1. The third-order valence-electron chi connectivity index (χ3n) is 5.77. The van der Waals surface area contributed by atoms with Gasteiger partial charge in [-0.2, -0.15) is 0 Å². The highest BCUT2D eigenvalue weighted by Crippen LogP contribution is 2.46. The van der Waals surface area contributed by atoms with Gasteiger partial charge in [-0.1, -0.05) is 17.4 Å². The van der Waals surface area contributed by atoms with E-state index >= 15 is 0 Å². The van der Waals surface area contributed by atoms with Gasteiger partial charge in [-0.3, -0.25) is 14.5 Å². The highest BCUT2D eigenvalue weighted by Gasteiger charge is 2.48. The summed E-state index contributed by atoms with van der Waals surface area (Å²) in [4.78, 5) is 33.4. The summed E-state index contributed by atoms with van der Waals surface area (Å²) in [5.74, 6) is -0.0651. The third kappa shape index (κ3) is 3.53. The van der Waals surface area contributed by atoms with Gasteiger partial charge in [0.2, 0.25) is 6.79 Å². The van der Waals surface area contributed by atoms with Gasteiger partial charge >= 0.3 is 5.91 Å². The number of amides is 1. The number of hydrogen-bond acceptors (Lipinski definition) is 9. The van der Waals surface area contributed by atoms with E-state index in [1.165, 1.54) is 27.6 Å². The number of aromatic nitrogens is 1. The molecule has 1 amide bonds. The average Bonchev–Trinajstić information content (AvgIpc) is 3.65. The lowest BCUT2D eigenvalue weighted by molar-refractivity contribution is -0.132. The molecule has 2 aliphatic rings. The van der Waals surface area contributed by atoms with Crippen molar-refractivity contribution < 1.29 is 28.9 Å². The molecule has 8 nitrogen and oxygen atoms in total. The Morgan fingerprint density at radius 2 is 2.03 bits per heavy atom. The van der Waals surface area contributed by atoms with Crippen LogP contribution in [0.5, 0.6) is 17.2 Å². The number of Topliss-reactive ketones (excluding diaryl/α,β-unsaturated/α-hetero) is 1. The van der Waals surface area contributed by atoms with Crippen LogP contribution in [0.15, 0.2) is 59.5 Å². The first-order valence-corrected chi connectivity index (χ1v) is 12.5. The van der Waals surface area contributed by atoms with E-state index in [1.807, 2.05) is 42.6 Å². The summed E-state index contributed by atoms with van der Waals surface area (Å²) in [6.45, 7) is 2.52. The number of ether oxygens (including phenoxy) is 3. The first-order valence-electron chi connectivity index (χ1n) is 10.8. The molecule has 0 bridgehead atoms. The summed E-state index contributed by atoms with van der Waals surface area (Å²) in [5, 5.41) is 13.5. The molecule has 176 valence electrons.